The summed E-state index contributed by atoms with van der Waals surface area (Å²) in [5.74, 6) is 1.21. The number of H-pyrrole nitrogens is 1. The van der Waals surface area contributed by atoms with Crippen LogP contribution in [0.25, 0.3) is 11.5 Å². The molecule has 7 nitrogen and oxygen atoms in total. The van der Waals surface area contributed by atoms with Gasteiger partial charge in [-0.2, -0.15) is 4.98 Å². The summed E-state index contributed by atoms with van der Waals surface area (Å²) in [6.45, 7) is 5.43. The quantitative estimate of drug-likeness (QED) is 0.712. The summed E-state index contributed by atoms with van der Waals surface area (Å²) in [5, 5.41) is 4.01. The summed E-state index contributed by atoms with van der Waals surface area (Å²) in [7, 11) is -3.82. The third-order valence-electron chi connectivity index (χ3n) is 4.45. The van der Waals surface area contributed by atoms with E-state index in [9.17, 15) is 8.42 Å². The first-order valence-corrected chi connectivity index (χ1v) is 9.96. The normalized spacial score (nSPS) is 14.6. The maximum Gasteiger partial charge on any atom is 0.264 e. The number of nitrogens with one attached hydrogen (secondary N) is 2. The Morgan fingerprint density at radius 2 is 1.96 bits per heavy atom. The molecule has 0 radical (unpaired) electrons. The van der Waals surface area contributed by atoms with E-state index in [2.05, 4.69) is 19.8 Å². The van der Waals surface area contributed by atoms with Crippen molar-refractivity contribution in [3.05, 3.63) is 47.0 Å². The number of sulfonamides is 1. The highest BCUT2D eigenvalue weighted by Gasteiger charge is 2.32. The first kappa shape index (κ1) is 16.8. The third kappa shape index (κ3) is 3.01. The lowest BCUT2D eigenvalue weighted by molar-refractivity contribution is 0.421. The number of nitrogens with zero attached hydrogens (tertiary/aromatic N) is 2. The van der Waals surface area contributed by atoms with Crippen LogP contribution in [0, 0.1) is 20.8 Å². The fourth-order valence-corrected chi connectivity index (χ4v) is 4.61. The standard InChI is InChI=1S/C18H20N4O3S/c1-10-5-4-6-14(9-10)22-26(23,24)16-12(3)19-11(2)15(16)18-20-17(21-25-18)13-7-8-13/h4-6,9,13,19,22H,7-8H2,1-3H3. The van der Waals surface area contributed by atoms with E-state index in [1.165, 1.54) is 0 Å². The van der Waals surface area contributed by atoms with E-state index < -0.39 is 10.0 Å². The molecule has 0 spiro atoms. The van der Waals surface area contributed by atoms with E-state index in [0.29, 0.717) is 34.4 Å². The van der Waals surface area contributed by atoms with Gasteiger partial charge in [-0.05, 0) is 51.3 Å². The molecule has 1 aromatic carbocycles. The monoisotopic (exact) mass is 372 g/mol. The molecule has 1 fully saturated rings. The van der Waals surface area contributed by atoms with Crippen LogP contribution in [0.1, 0.15) is 41.5 Å². The Morgan fingerprint density at radius 1 is 1.19 bits per heavy atom. The average molecular weight is 372 g/mol. The molecule has 3 aromatic rings. The zero-order valence-corrected chi connectivity index (χ0v) is 15.6. The lowest BCUT2D eigenvalue weighted by Gasteiger charge is -2.09. The predicted octanol–water partition coefficient (Wildman–Crippen LogP) is 3.67. The highest BCUT2D eigenvalue weighted by molar-refractivity contribution is 7.93. The van der Waals surface area contributed by atoms with Gasteiger partial charge in [0.05, 0.1) is 5.56 Å². The van der Waals surface area contributed by atoms with Crippen molar-refractivity contribution < 1.29 is 12.9 Å². The molecule has 8 heteroatoms. The fraction of sp³-hybridized carbons (Fsp3) is 0.333. The zero-order valence-electron chi connectivity index (χ0n) is 14.8. The van der Waals surface area contributed by atoms with Gasteiger partial charge in [-0.25, -0.2) is 8.42 Å². The van der Waals surface area contributed by atoms with Gasteiger partial charge in [0.1, 0.15) is 4.90 Å². The third-order valence-corrected chi connectivity index (χ3v) is 6.01. The smallest absolute Gasteiger partial charge is 0.264 e. The number of rotatable bonds is 5. The summed E-state index contributed by atoms with van der Waals surface area (Å²) in [4.78, 5) is 7.65. The van der Waals surface area contributed by atoms with Crippen LogP contribution in [0.2, 0.25) is 0 Å². The van der Waals surface area contributed by atoms with Crippen molar-refractivity contribution >= 4 is 15.7 Å². The SMILES string of the molecule is Cc1cccc(NS(=O)(=O)c2c(C)[nH]c(C)c2-c2nc(C3CC3)no2)c1. The second-order valence-electron chi connectivity index (χ2n) is 6.79. The molecule has 0 saturated heterocycles. The molecule has 2 N–H and O–H groups in total. The number of benzene rings is 1. The lowest BCUT2D eigenvalue weighted by Crippen LogP contribution is -2.14. The lowest BCUT2D eigenvalue weighted by atomic mass is 10.2. The number of aromatic amines is 1. The number of aromatic nitrogens is 3. The highest BCUT2D eigenvalue weighted by Crippen LogP contribution is 2.40. The number of hydrogen-bond donors (Lipinski definition) is 2. The van der Waals surface area contributed by atoms with Gasteiger partial charge >= 0.3 is 0 Å². The Morgan fingerprint density at radius 3 is 2.65 bits per heavy atom. The van der Waals surface area contributed by atoms with Crippen molar-refractivity contribution in [3.8, 4) is 11.5 Å². The molecule has 0 atom stereocenters. The van der Waals surface area contributed by atoms with Crippen molar-refractivity contribution in [3.63, 3.8) is 0 Å². The number of hydrogen-bond acceptors (Lipinski definition) is 5. The van der Waals surface area contributed by atoms with E-state index in [1.54, 1.807) is 26.0 Å². The zero-order chi connectivity index (χ0) is 18.5. The van der Waals surface area contributed by atoms with Crippen LogP contribution in [0.4, 0.5) is 5.69 Å². The van der Waals surface area contributed by atoms with E-state index in [-0.39, 0.29) is 10.8 Å². The summed E-state index contributed by atoms with van der Waals surface area (Å²) in [6, 6.07) is 7.22. The minimum atomic E-state index is -3.82. The minimum absolute atomic E-state index is 0.141. The molecule has 26 heavy (non-hydrogen) atoms. The first-order chi connectivity index (χ1) is 12.3. The fourth-order valence-electron chi connectivity index (χ4n) is 3.11. The van der Waals surface area contributed by atoms with Crippen molar-refractivity contribution in [2.24, 2.45) is 0 Å². The first-order valence-electron chi connectivity index (χ1n) is 8.48. The molecule has 0 aliphatic heterocycles. The summed E-state index contributed by atoms with van der Waals surface area (Å²) in [5.41, 5.74) is 3.13. The predicted molar refractivity (Wildman–Crippen MR) is 97.5 cm³/mol. The van der Waals surface area contributed by atoms with Gasteiger partial charge in [-0.3, -0.25) is 4.72 Å². The Kier molecular flexibility index (Phi) is 3.87. The van der Waals surface area contributed by atoms with Crippen molar-refractivity contribution in [2.45, 2.75) is 44.4 Å². The van der Waals surface area contributed by atoms with Crippen LogP contribution in [0.15, 0.2) is 33.7 Å². The average Bonchev–Trinajstić information content (AvgIpc) is 3.20. The second-order valence-corrected chi connectivity index (χ2v) is 8.41. The maximum atomic E-state index is 13.1. The van der Waals surface area contributed by atoms with Crippen molar-refractivity contribution in [1.29, 1.82) is 0 Å². The molecule has 2 heterocycles. The van der Waals surface area contributed by atoms with Gasteiger partial charge < -0.3 is 9.51 Å². The Balaban J connectivity index is 1.77. The molecule has 0 unspecified atom stereocenters. The van der Waals surface area contributed by atoms with Crippen LogP contribution in [0.3, 0.4) is 0 Å². The van der Waals surface area contributed by atoms with Gasteiger partial charge in [-0.1, -0.05) is 17.3 Å². The van der Waals surface area contributed by atoms with Crippen LogP contribution in [-0.4, -0.2) is 23.5 Å². The number of anilines is 1. The summed E-state index contributed by atoms with van der Waals surface area (Å²) < 4.78 is 34.2. The summed E-state index contributed by atoms with van der Waals surface area (Å²) in [6.07, 6.45) is 2.09. The highest BCUT2D eigenvalue weighted by atomic mass is 32.2. The molecule has 136 valence electrons. The van der Waals surface area contributed by atoms with Crippen molar-refractivity contribution in [1.82, 2.24) is 15.1 Å². The molecule has 2 aromatic heterocycles. The van der Waals surface area contributed by atoms with E-state index in [4.69, 9.17) is 4.52 Å². The van der Waals surface area contributed by atoms with Crippen LogP contribution < -0.4 is 4.72 Å². The van der Waals surface area contributed by atoms with E-state index in [0.717, 1.165) is 18.4 Å². The molecule has 0 bridgehead atoms. The minimum Gasteiger partial charge on any atom is -0.361 e. The molecule has 1 aliphatic rings. The van der Waals surface area contributed by atoms with Crippen LogP contribution >= 0.6 is 0 Å². The van der Waals surface area contributed by atoms with Crippen LogP contribution in [0.5, 0.6) is 0 Å². The Bertz CT molecular complexity index is 1080. The van der Waals surface area contributed by atoms with E-state index in [1.807, 2.05) is 19.1 Å². The summed E-state index contributed by atoms with van der Waals surface area (Å²) >= 11 is 0. The van der Waals surface area contributed by atoms with Gasteiger partial charge in [-0.15, -0.1) is 0 Å². The van der Waals surface area contributed by atoms with Gasteiger partial charge in [0.15, 0.2) is 5.82 Å². The van der Waals surface area contributed by atoms with Gasteiger partial charge in [0.2, 0.25) is 0 Å². The molecular formula is C18H20N4O3S. The van der Waals surface area contributed by atoms with Crippen molar-refractivity contribution in [2.75, 3.05) is 4.72 Å². The topological polar surface area (TPSA) is 101 Å². The Labute approximate surface area is 151 Å². The molecule has 1 aliphatic carbocycles. The van der Waals surface area contributed by atoms with E-state index >= 15 is 0 Å². The molecular weight excluding hydrogens is 352 g/mol. The largest absolute Gasteiger partial charge is 0.361 e. The second kappa shape index (κ2) is 5.98. The maximum absolute atomic E-state index is 13.1. The molecule has 4 rings (SSSR count). The van der Waals surface area contributed by atoms with Gasteiger partial charge in [0.25, 0.3) is 15.9 Å². The molecule has 1 saturated carbocycles. The van der Waals surface area contributed by atoms with Crippen LogP contribution in [-0.2, 0) is 10.0 Å². The number of aryl methyl sites for hydroxylation is 3. The molecule has 0 amide bonds. The Hall–Kier alpha value is -2.61. The van der Waals surface area contributed by atoms with Gasteiger partial charge in [0, 0.05) is 23.0 Å².